The Labute approximate surface area is 175 Å². The Bertz CT molecular complexity index is 867. The van der Waals surface area contributed by atoms with E-state index in [9.17, 15) is 9.59 Å². The molecule has 4 nitrogen and oxygen atoms in total. The third-order valence-electron chi connectivity index (χ3n) is 8.09. The zero-order chi connectivity index (χ0) is 20.0. The number of nitrogens with two attached hydrogens (primary N) is 1. The van der Waals surface area contributed by atoms with E-state index >= 15 is 0 Å². The average Bonchev–Trinajstić information content (AvgIpc) is 2.62. The number of β-lactam (4-membered cyclic amide) rings is 1. The Morgan fingerprint density at radius 1 is 1.14 bits per heavy atom. The maximum atomic E-state index is 13.3. The first-order valence-corrected chi connectivity index (χ1v) is 11.0. The van der Waals surface area contributed by atoms with Gasteiger partial charge in [-0.3, -0.25) is 9.59 Å². The van der Waals surface area contributed by atoms with Crippen LogP contribution < -0.4 is 5.73 Å². The molecular weight excluding hydrogens is 395 g/mol. The molecule has 1 heterocycles. The third-order valence-corrected chi connectivity index (χ3v) is 8.92. The molecule has 0 aromatic heterocycles. The molecule has 1 aliphatic heterocycles. The first-order valence-electron chi connectivity index (χ1n) is 10.2. The Hall–Kier alpha value is -1.26. The highest BCUT2D eigenvalue weighted by Crippen LogP contribution is 2.64. The fraction of sp³-hybridized carbons (Fsp3) is 0.636. The summed E-state index contributed by atoms with van der Waals surface area (Å²) in [5.41, 5.74) is 5.90. The van der Waals surface area contributed by atoms with E-state index in [4.69, 9.17) is 28.9 Å². The fourth-order valence-corrected chi connectivity index (χ4v) is 7.59. The van der Waals surface area contributed by atoms with E-state index in [2.05, 4.69) is 4.90 Å². The number of carbonyl (C=O) groups is 2. The molecule has 1 aromatic rings. The van der Waals surface area contributed by atoms with Crippen molar-refractivity contribution < 1.29 is 9.59 Å². The molecule has 0 radical (unpaired) electrons. The van der Waals surface area contributed by atoms with Crippen molar-refractivity contribution in [3.05, 3.63) is 33.8 Å². The number of hydrogen-bond acceptors (Lipinski definition) is 2. The van der Waals surface area contributed by atoms with Gasteiger partial charge in [-0.1, -0.05) is 35.3 Å². The first-order chi connectivity index (χ1) is 13.2. The molecule has 4 aliphatic carbocycles. The molecule has 5 unspecified atom stereocenters. The van der Waals surface area contributed by atoms with Gasteiger partial charge >= 0.3 is 0 Å². The normalized spacial score (nSPS) is 40.5. The number of rotatable bonds is 3. The summed E-state index contributed by atoms with van der Waals surface area (Å²) in [6.45, 7) is 3.99. The second-order valence-electron chi connectivity index (χ2n) is 10.1. The fourth-order valence-electron chi connectivity index (χ4n) is 7.18. The van der Waals surface area contributed by atoms with Gasteiger partial charge < -0.3 is 10.6 Å². The minimum absolute atomic E-state index is 0.0849. The smallest absolute Gasteiger partial charge is 0.231 e. The van der Waals surface area contributed by atoms with Crippen LogP contribution in [0.25, 0.3) is 0 Å². The highest BCUT2D eigenvalue weighted by atomic mass is 35.5. The number of amides is 2. The van der Waals surface area contributed by atoms with Crippen LogP contribution in [0, 0.1) is 28.6 Å². The van der Waals surface area contributed by atoms with Crippen molar-refractivity contribution in [3.63, 3.8) is 0 Å². The molecule has 1 aromatic carbocycles. The molecule has 5 fully saturated rings. The molecule has 6 atom stereocenters. The van der Waals surface area contributed by atoms with Gasteiger partial charge in [-0.15, -0.1) is 0 Å². The van der Waals surface area contributed by atoms with Crippen molar-refractivity contribution >= 4 is 35.0 Å². The second kappa shape index (κ2) is 5.89. The summed E-state index contributed by atoms with van der Waals surface area (Å²) >= 11 is 12.9. The second-order valence-corrected chi connectivity index (χ2v) is 10.9. The zero-order valence-electron chi connectivity index (χ0n) is 16.3. The van der Waals surface area contributed by atoms with Gasteiger partial charge in [0.15, 0.2) is 0 Å². The Balaban J connectivity index is 1.53. The van der Waals surface area contributed by atoms with Crippen LogP contribution in [-0.4, -0.2) is 22.8 Å². The highest BCUT2D eigenvalue weighted by molar-refractivity contribution is 6.42. The van der Waals surface area contributed by atoms with Gasteiger partial charge in [0.1, 0.15) is 0 Å². The molecular formula is C22H26Cl2N2O2. The standard InChI is InChI=1S/C22H26Cl2N2O2/c1-21(2)18(14-4-3-5-15(23)16(14)24)26(20(21)28)17-12-6-11-7-13(17)10-22(8-11,9-12)19(25)27/h3-5,11-13,17-18H,6-10H2,1-2H3,(H2,25,27)/t11?,12-,13?,17?,18?,22?/m0/s1. The lowest BCUT2D eigenvalue weighted by molar-refractivity contribution is -0.198. The lowest BCUT2D eigenvalue weighted by atomic mass is 9.46. The molecule has 2 N–H and O–H groups in total. The van der Waals surface area contributed by atoms with Gasteiger partial charge in [0, 0.05) is 11.5 Å². The van der Waals surface area contributed by atoms with Gasteiger partial charge in [0.25, 0.3) is 0 Å². The minimum Gasteiger partial charge on any atom is -0.369 e. The topological polar surface area (TPSA) is 63.4 Å². The predicted molar refractivity (Wildman–Crippen MR) is 109 cm³/mol. The number of hydrogen-bond donors (Lipinski definition) is 1. The average molecular weight is 421 g/mol. The van der Waals surface area contributed by atoms with E-state index in [0.717, 1.165) is 37.7 Å². The summed E-state index contributed by atoms with van der Waals surface area (Å²) < 4.78 is 0. The lowest BCUT2D eigenvalue weighted by Crippen LogP contribution is -2.71. The van der Waals surface area contributed by atoms with Gasteiger partial charge in [-0.05, 0) is 75.3 Å². The monoisotopic (exact) mass is 420 g/mol. The van der Waals surface area contributed by atoms with Gasteiger partial charge in [0.2, 0.25) is 11.8 Å². The molecule has 6 heteroatoms. The minimum atomic E-state index is -0.510. The Morgan fingerprint density at radius 3 is 2.39 bits per heavy atom. The number of nitrogens with zero attached hydrogens (tertiary/aromatic N) is 1. The molecule has 4 bridgehead atoms. The van der Waals surface area contributed by atoms with Crippen LogP contribution in [0.1, 0.15) is 57.6 Å². The van der Waals surface area contributed by atoms with E-state index in [1.807, 2.05) is 26.0 Å². The third kappa shape index (κ3) is 2.31. The van der Waals surface area contributed by atoms with Crippen molar-refractivity contribution in [1.82, 2.24) is 4.90 Å². The summed E-state index contributed by atoms with van der Waals surface area (Å²) in [6.07, 6.45) is 4.76. The van der Waals surface area contributed by atoms with Crippen molar-refractivity contribution in [2.24, 2.45) is 34.3 Å². The SMILES string of the molecule is CC1(C)C(=O)N(C2C3CC4C[C@H]2CC(C(N)=O)(C4)C3)C1c1cccc(Cl)c1Cl. The molecule has 4 saturated carbocycles. The van der Waals surface area contributed by atoms with Gasteiger partial charge in [-0.2, -0.15) is 0 Å². The first kappa shape index (κ1) is 18.7. The summed E-state index contributed by atoms with van der Waals surface area (Å²) in [4.78, 5) is 27.6. The van der Waals surface area contributed by atoms with Crippen molar-refractivity contribution in [2.45, 2.75) is 58.0 Å². The molecule has 28 heavy (non-hydrogen) atoms. The van der Waals surface area contributed by atoms with Crippen LogP contribution in [0.15, 0.2) is 18.2 Å². The number of likely N-dealkylation sites (tertiary alicyclic amines) is 1. The molecule has 2 amide bonds. The number of halogens is 2. The molecule has 5 aliphatic rings. The summed E-state index contributed by atoms with van der Waals surface area (Å²) in [5.74, 6) is 1.30. The largest absolute Gasteiger partial charge is 0.369 e. The molecule has 6 rings (SSSR count). The summed E-state index contributed by atoms with van der Waals surface area (Å²) in [6, 6.07) is 5.76. The van der Waals surface area contributed by atoms with Crippen molar-refractivity contribution in [3.8, 4) is 0 Å². The number of carbonyl (C=O) groups excluding carboxylic acids is 2. The van der Waals surface area contributed by atoms with E-state index < -0.39 is 5.41 Å². The number of primary amides is 1. The molecule has 0 spiro atoms. The number of benzene rings is 1. The zero-order valence-corrected chi connectivity index (χ0v) is 17.8. The maximum absolute atomic E-state index is 13.3. The summed E-state index contributed by atoms with van der Waals surface area (Å²) in [7, 11) is 0. The van der Waals surface area contributed by atoms with Crippen molar-refractivity contribution in [1.29, 1.82) is 0 Å². The Morgan fingerprint density at radius 2 is 1.79 bits per heavy atom. The summed E-state index contributed by atoms with van der Waals surface area (Å²) in [5, 5.41) is 1.06. The van der Waals surface area contributed by atoms with E-state index in [1.165, 1.54) is 0 Å². The predicted octanol–water partition coefficient (Wildman–Crippen LogP) is 4.58. The van der Waals surface area contributed by atoms with Crippen LogP contribution in [-0.2, 0) is 9.59 Å². The highest BCUT2D eigenvalue weighted by Gasteiger charge is 2.65. The van der Waals surface area contributed by atoms with Crippen LogP contribution in [0.3, 0.4) is 0 Å². The lowest BCUT2D eigenvalue weighted by Gasteiger charge is -2.66. The van der Waals surface area contributed by atoms with Crippen LogP contribution in [0.4, 0.5) is 0 Å². The Kier molecular flexibility index (Phi) is 3.94. The van der Waals surface area contributed by atoms with Crippen LogP contribution in [0.5, 0.6) is 0 Å². The van der Waals surface area contributed by atoms with Crippen molar-refractivity contribution in [2.75, 3.05) is 0 Å². The quantitative estimate of drug-likeness (QED) is 0.726. The van der Waals surface area contributed by atoms with E-state index in [-0.39, 0.29) is 29.3 Å². The van der Waals surface area contributed by atoms with Gasteiger partial charge in [-0.25, -0.2) is 0 Å². The van der Waals surface area contributed by atoms with Crippen LogP contribution in [0.2, 0.25) is 10.0 Å². The van der Waals surface area contributed by atoms with E-state index in [0.29, 0.717) is 27.8 Å². The van der Waals surface area contributed by atoms with E-state index in [1.54, 1.807) is 6.07 Å². The molecule has 1 saturated heterocycles. The molecule has 150 valence electrons. The maximum Gasteiger partial charge on any atom is 0.231 e. The van der Waals surface area contributed by atoms with Gasteiger partial charge in [0.05, 0.1) is 21.5 Å². The van der Waals surface area contributed by atoms with Crippen LogP contribution >= 0.6 is 23.2 Å².